The van der Waals surface area contributed by atoms with Crippen molar-refractivity contribution in [2.45, 2.75) is 32.2 Å². The molecular formula is C19H20BrN3O2S. The van der Waals surface area contributed by atoms with Crippen molar-refractivity contribution in [1.82, 2.24) is 14.5 Å². The monoisotopic (exact) mass is 433 g/mol. The molecule has 0 saturated heterocycles. The Morgan fingerprint density at radius 2 is 1.77 bits per heavy atom. The lowest BCUT2D eigenvalue weighted by molar-refractivity contribution is 0.581. The Balaban J connectivity index is 1.86. The molecule has 2 aromatic carbocycles. The van der Waals surface area contributed by atoms with Crippen molar-refractivity contribution in [1.29, 1.82) is 0 Å². The molecule has 3 rings (SSSR count). The van der Waals surface area contributed by atoms with Gasteiger partial charge in [0.15, 0.2) is 0 Å². The van der Waals surface area contributed by atoms with Gasteiger partial charge >= 0.3 is 0 Å². The highest BCUT2D eigenvalue weighted by atomic mass is 79.9. The van der Waals surface area contributed by atoms with E-state index in [4.69, 9.17) is 0 Å². The summed E-state index contributed by atoms with van der Waals surface area (Å²) >= 11 is 3.39. The van der Waals surface area contributed by atoms with Gasteiger partial charge in [0.25, 0.3) is 0 Å². The van der Waals surface area contributed by atoms with E-state index < -0.39 is 10.0 Å². The quantitative estimate of drug-likeness (QED) is 0.660. The van der Waals surface area contributed by atoms with Gasteiger partial charge in [0.05, 0.1) is 16.3 Å². The third-order valence-corrected chi connectivity index (χ3v) is 6.61. The number of para-hydroxylation sites is 1. The molecule has 0 amide bonds. The smallest absolute Gasteiger partial charge is 0.238 e. The van der Waals surface area contributed by atoms with Crippen LogP contribution in [0.1, 0.15) is 22.5 Å². The van der Waals surface area contributed by atoms with E-state index in [9.17, 15) is 8.42 Å². The first-order chi connectivity index (χ1) is 12.3. The Kier molecular flexibility index (Phi) is 5.32. The minimum atomic E-state index is -3.59. The third kappa shape index (κ3) is 3.75. The lowest BCUT2D eigenvalue weighted by Gasteiger charge is -2.09. The van der Waals surface area contributed by atoms with Crippen LogP contribution in [0.4, 0.5) is 0 Å². The second-order valence-electron chi connectivity index (χ2n) is 6.13. The molecule has 0 radical (unpaired) electrons. The maximum Gasteiger partial charge on any atom is 0.240 e. The number of halogens is 1. The molecule has 0 aliphatic heterocycles. The fourth-order valence-electron chi connectivity index (χ4n) is 2.79. The summed E-state index contributed by atoms with van der Waals surface area (Å²) in [6.45, 7) is 5.89. The SMILES string of the molecule is Cc1cc(S(=O)(=O)NCc2c(C)nn(-c3ccccc3)c2C)ccc1Br. The fourth-order valence-corrected chi connectivity index (χ4v) is 4.11. The number of aromatic nitrogens is 2. The molecule has 0 fully saturated rings. The second kappa shape index (κ2) is 7.34. The molecule has 5 nitrogen and oxygen atoms in total. The van der Waals surface area contributed by atoms with E-state index in [0.717, 1.165) is 32.7 Å². The molecule has 7 heteroatoms. The van der Waals surface area contributed by atoms with Gasteiger partial charge in [-0.25, -0.2) is 17.8 Å². The number of aryl methyl sites for hydroxylation is 2. The Bertz CT molecular complexity index is 1040. The average Bonchev–Trinajstić information content (AvgIpc) is 2.90. The van der Waals surface area contributed by atoms with Gasteiger partial charge in [0.1, 0.15) is 0 Å². The van der Waals surface area contributed by atoms with E-state index in [-0.39, 0.29) is 11.4 Å². The zero-order valence-electron chi connectivity index (χ0n) is 14.8. The summed E-state index contributed by atoms with van der Waals surface area (Å²) in [6, 6.07) is 14.8. The first-order valence-electron chi connectivity index (χ1n) is 8.16. The minimum Gasteiger partial charge on any atom is -0.238 e. The summed E-state index contributed by atoms with van der Waals surface area (Å²) in [4.78, 5) is 0.254. The lowest BCUT2D eigenvalue weighted by Crippen LogP contribution is -2.24. The summed E-state index contributed by atoms with van der Waals surface area (Å²) in [5.74, 6) is 0. The maximum atomic E-state index is 12.6. The number of nitrogens with one attached hydrogen (secondary N) is 1. The zero-order valence-corrected chi connectivity index (χ0v) is 17.2. The van der Waals surface area contributed by atoms with Crippen LogP contribution in [0.5, 0.6) is 0 Å². The molecule has 0 spiro atoms. The molecule has 1 N–H and O–H groups in total. The number of rotatable bonds is 5. The zero-order chi connectivity index (χ0) is 18.9. The second-order valence-corrected chi connectivity index (χ2v) is 8.75. The molecule has 0 unspecified atom stereocenters. The van der Waals surface area contributed by atoms with Crippen molar-refractivity contribution in [3.63, 3.8) is 0 Å². The molecule has 0 saturated carbocycles. The number of hydrogen-bond donors (Lipinski definition) is 1. The number of sulfonamides is 1. The van der Waals surface area contributed by atoms with Crippen molar-refractivity contribution in [2.24, 2.45) is 0 Å². The summed E-state index contributed by atoms with van der Waals surface area (Å²) in [6.07, 6.45) is 0. The fraction of sp³-hybridized carbons (Fsp3) is 0.211. The standard InChI is InChI=1S/C19H20BrN3O2S/c1-13-11-17(9-10-19(13)20)26(24,25)21-12-18-14(2)22-23(15(18)3)16-7-5-4-6-8-16/h4-11,21H,12H2,1-3H3. The van der Waals surface area contributed by atoms with Gasteiger partial charge < -0.3 is 0 Å². The number of hydrogen-bond acceptors (Lipinski definition) is 3. The predicted octanol–water partition coefficient (Wildman–Crippen LogP) is 4.04. The van der Waals surface area contributed by atoms with Crippen LogP contribution in [0.3, 0.4) is 0 Å². The van der Waals surface area contributed by atoms with Crippen LogP contribution in [0.2, 0.25) is 0 Å². The number of benzene rings is 2. The molecule has 3 aromatic rings. The van der Waals surface area contributed by atoms with E-state index in [1.54, 1.807) is 18.2 Å². The largest absolute Gasteiger partial charge is 0.240 e. The molecule has 1 heterocycles. The van der Waals surface area contributed by atoms with Crippen LogP contribution < -0.4 is 4.72 Å². The average molecular weight is 434 g/mol. The van der Waals surface area contributed by atoms with Crippen LogP contribution in [0, 0.1) is 20.8 Å². The highest BCUT2D eigenvalue weighted by Crippen LogP contribution is 2.21. The van der Waals surface area contributed by atoms with Gasteiger partial charge in [-0.3, -0.25) is 0 Å². The van der Waals surface area contributed by atoms with E-state index in [2.05, 4.69) is 25.8 Å². The molecule has 136 valence electrons. The normalized spacial score (nSPS) is 11.7. The molecular weight excluding hydrogens is 414 g/mol. The summed E-state index contributed by atoms with van der Waals surface area (Å²) in [7, 11) is -3.59. The molecule has 0 bridgehead atoms. The Hall–Kier alpha value is -1.96. The molecule has 1 aromatic heterocycles. The van der Waals surface area contributed by atoms with Crippen molar-refractivity contribution in [3.8, 4) is 5.69 Å². The summed E-state index contributed by atoms with van der Waals surface area (Å²) < 4.78 is 30.6. The topological polar surface area (TPSA) is 64.0 Å². The lowest BCUT2D eigenvalue weighted by atomic mass is 10.2. The molecule has 0 aliphatic carbocycles. The van der Waals surface area contributed by atoms with Crippen molar-refractivity contribution >= 4 is 26.0 Å². The predicted molar refractivity (Wildman–Crippen MR) is 106 cm³/mol. The van der Waals surface area contributed by atoms with Crippen molar-refractivity contribution in [2.75, 3.05) is 0 Å². The van der Waals surface area contributed by atoms with E-state index in [1.165, 1.54) is 0 Å². The first-order valence-corrected chi connectivity index (χ1v) is 10.4. The van der Waals surface area contributed by atoms with Crippen LogP contribution in [0.15, 0.2) is 57.9 Å². The third-order valence-electron chi connectivity index (χ3n) is 4.32. The van der Waals surface area contributed by atoms with E-state index in [0.29, 0.717) is 0 Å². The van der Waals surface area contributed by atoms with E-state index >= 15 is 0 Å². The van der Waals surface area contributed by atoms with Gasteiger partial charge in [0, 0.05) is 22.3 Å². The van der Waals surface area contributed by atoms with Crippen LogP contribution in [0.25, 0.3) is 5.69 Å². The van der Waals surface area contributed by atoms with Gasteiger partial charge in [-0.15, -0.1) is 0 Å². The highest BCUT2D eigenvalue weighted by Gasteiger charge is 2.18. The van der Waals surface area contributed by atoms with Crippen LogP contribution >= 0.6 is 15.9 Å². The number of nitrogens with zero attached hydrogens (tertiary/aromatic N) is 2. The Morgan fingerprint density at radius 3 is 2.42 bits per heavy atom. The van der Waals surface area contributed by atoms with Gasteiger partial charge in [-0.2, -0.15) is 5.10 Å². The van der Waals surface area contributed by atoms with Crippen molar-refractivity contribution < 1.29 is 8.42 Å². The molecule has 0 aliphatic rings. The van der Waals surface area contributed by atoms with Gasteiger partial charge in [0.2, 0.25) is 10.0 Å². The van der Waals surface area contributed by atoms with E-state index in [1.807, 2.05) is 55.8 Å². The Morgan fingerprint density at radius 1 is 1.08 bits per heavy atom. The van der Waals surface area contributed by atoms with Crippen LogP contribution in [-0.2, 0) is 16.6 Å². The first kappa shape index (κ1) is 18.8. The minimum absolute atomic E-state index is 0.196. The Labute approximate surface area is 162 Å². The van der Waals surface area contributed by atoms with Gasteiger partial charge in [-0.05, 0) is 56.7 Å². The summed E-state index contributed by atoms with van der Waals surface area (Å²) in [5, 5.41) is 4.56. The maximum absolute atomic E-state index is 12.6. The molecule has 0 atom stereocenters. The summed E-state index contributed by atoms with van der Waals surface area (Å²) in [5.41, 5.74) is 4.43. The van der Waals surface area contributed by atoms with Crippen molar-refractivity contribution in [3.05, 3.63) is 75.5 Å². The highest BCUT2D eigenvalue weighted by molar-refractivity contribution is 9.10. The van der Waals surface area contributed by atoms with Crippen LogP contribution in [-0.4, -0.2) is 18.2 Å². The van der Waals surface area contributed by atoms with Gasteiger partial charge in [-0.1, -0.05) is 34.1 Å². The molecule has 26 heavy (non-hydrogen) atoms.